The largest absolute Gasteiger partial charge is 0.508 e. The summed E-state index contributed by atoms with van der Waals surface area (Å²) in [4.78, 5) is 24.5. The Hall–Kier alpha value is -2.70. The van der Waals surface area contributed by atoms with Gasteiger partial charge < -0.3 is 20.4 Å². The molecule has 1 atom stereocenters. The summed E-state index contributed by atoms with van der Waals surface area (Å²) < 4.78 is 0. The van der Waals surface area contributed by atoms with Crippen molar-refractivity contribution in [2.45, 2.75) is 84.8 Å². The Balaban J connectivity index is 2.58. The van der Waals surface area contributed by atoms with Gasteiger partial charge in [0.25, 0.3) is 0 Å². The summed E-state index contributed by atoms with van der Waals surface area (Å²) in [5.74, 6) is -0.275. The lowest BCUT2D eigenvalue weighted by molar-refractivity contribution is -0.131. The predicted octanol–water partition coefficient (Wildman–Crippen LogP) is 4.62. The van der Waals surface area contributed by atoms with Crippen LogP contribution in [0.5, 0.6) is 11.5 Å². The van der Waals surface area contributed by atoms with Crippen LogP contribution in [0.3, 0.4) is 0 Å². The molecule has 6 heteroatoms. The molecule has 1 unspecified atom stereocenters. The van der Waals surface area contributed by atoms with Gasteiger partial charge in [0.05, 0.1) is 5.60 Å². The summed E-state index contributed by atoms with van der Waals surface area (Å²) in [6.07, 6.45) is 8.01. The molecule has 0 radical (unpaired) electrons. The molecule has 0 aromatic heterocycles. The van der Waals surface area contributed by atoms with E-state index >= 15 is 0 Å². The summed E-state index contributed by atoms with van der Waals surface area (Å²) in [6.45, 7) is 9.95. The molecule has 1 aromatic carbocycles. The van der Waals surface area contributed by atoms with E-state index in [4.69, 9.17) is 0 Å². The lowest BCUT2D eigenvalue weighted by Gasteiger charge is -2.20. The number of hydrogen-bond donors (Lipinski definition) is 4. The van der Waals surface area contributed by atoms with Gasteiger partial charge in [-0.15, -0.1) is 0 Å². The van der Waals surface area contributed by atoms with Gasteiger partial charge in [-0.3, -0.25) is 9.59 Å². The monoisotopic (exact) mass is 458 g/mol. The fourth-order valence-corrected chi connectivity index (χ4v) is 3.31. The number of carbonyl (C=O) groups excluding carboxylic acids is 2. The Labute approximate surface area is 197 Å². The zero-order valence-electron chi connectivity index (χ0n) is 20.6. The molecule has 182 valence electrons. The highest BCUT2D eigenvalue weighted by atomic mass is 16.3. The summed E-state index contributed by atoms with van der Waals surface area (Å²) >= 11 is 0. The average Bonchev–Trinajstić information content (AvgIpc) is 2.66. The van der Waals surface area contributed by atoms with Crippen molar-refractivity contribution in [1.29, 1.82) is 0 Å². The first-order valence-electron chi connectivity index (χ1n) is 11.2. The second-order valence-electron chi connectivity index (χ2n) is 9.64. The SMILES string of the molecule is C/C(=C\C(=O)C/C(C)=C/Cc1cc(O)cc(C)c1O)CCCC(C)(O)C(=O)/C=C/C(C)(C)O. The molecule has 0 fully saturated rings. The molecule has 1 rings (SSSR count). The van der Waals surface area contributed by atoms with Gasteiger partial charge in [0.15, 0.2) is 11.6 Å². The smallest absolute Gasteiger partial charge is 0.186 e. The molecular formula is C27H38O6. The number of rotatable bonds is 12. The minimum atomic E-state index is -1.53. The summed E-state index contributed by atoms with van der Waals surface area (Å²) in [7, 11) is 0. The molecular weight excluding hydrogens is 420 g/mol. The Bertz CT molecular complexity index is 942. The Morgan fingerprint density at radius 3 is 2.27 bits per heavy atom. The number of aryl methyl sites for hydroxylation is 1. The Morgan fingerprint density at radius 1 is 1.03 bits per heavy atom. The van der Waals surface area contributed by atoms with E-state index in [9.17, 15) is 30.0 Å². The van der Waals surface area contributed by atoms with Crippen molar-refractivity contribution in [3.63, 3.8) is 0 Å². The van der Waals surface area contributed by atoms with Crippen LogP contribution >= 0.6 is 0 Å². The van der Waals surface area contributed by atoms with Gasteiger partial charge in [0, 0.05) is 12.0 Å². The minimum Gasteiger partial charge on any atom is -0.508 e. The number of benzene rings is 1. The van der Waals surface area contributed by atoms with Crippen molar-refractivity contribution in [3.05, 3.63) is 58.7 Å². The van der Waals surface area contributed by atoms with Gasteiger partial charge in [-0.25, -0.2) is 0 Å². The highest BCUT2D eigenvalue weighted by Gasteiger charge is 2.27. The molecule has 0 saturated carbocycles. The average molecular weight is 459 g/mol. The third-order valence-electron chi connectivity index (χ3n) is 5.30. The number of phenols is 2. The maximum Gasteiger partial charge on any atom is 0.186 e. The zero-order valence-corrected chi connectivity index (χ0v) is 20.6. The number of ketones is 2. The summed E-state index contributed by atoms with van der Waals surface area (Å²) in [5, 5.41) is 39.9. The molecule has 1 aromatic rings. The molecule has 4 N–H and O–H groups in total. The number of allylic oxidation sites excluding steroid dienone is 4. The van der Waals surface area contributed by atoms with Crippen LogP contribution < -0.4 is 0 Å². The van der Waals surface area contributed by atoms with Crippen LogP contribution in [-0.2, 0) is 16.0 Å². The molecule has 0 bridgehead atoms. The molecule has 0 saturated heterocycles. The standard InChI is InChI=1S/C27H38O6/c1-18(8-7-12-27(6,33)24(30)11-13-26(4,5)32)14-22(28)15-19(2)9-10-21-17-23(29)16-20(3)25(21)31/h9,11,13-14,16-17,29,31-33H,7-8,10,12,15H2,1-6H3/b13-11+,18-14+,19-9+. The number of aliphatic hydroxyl groups is 2. The number of carbonyl (C=O) groups is 2. The van der Waals surface area contributed by atoms with Crippen LogP contribution in [0.25, 0.3) is 0 Å². The van der Waals surface area contributed by atoms with E-state index in [1.165, 1.54) is 31.2 Å². The fraction of sp³-hybridized carbons (Fsp3) is 0.481. The van der Waals surface area contributed by atoms with E-state index in [1.807, 2.05) is 19.9 Å². The maximum atomic E-state index is 12.4. The van der Waals surface area contributed by atoms with Gasteiger partial charge in [0.2, 0.25) is 0 Å². The maximum absolute atomic E-state index is 12.4. The van der Waals surface area contributed by atoms with Crippen molar-refractivity contribution in [3.8, 4) is 11.5 Å². The van der Waals surface area contributed by atoms with Crippen LogP contribution in [0.2, 0.25) is 0 Å². The molecule has 0 heterocycles. The Morgan fingerprint density at radius 2 is 1.67 bits per heavy atom. The van der Waals surface area contributed by atoms with Crippen molar-refractivity contribution >= 4 is 11.6 Å². The third-order valence-corrected chi connectivity index (χ3v) is 5.30. The molecule has 0 aliphatic carbocycles. The summed E-state index contributed by atoms with van der Waals surface area (Å²) in [5.41, 5.74) is 0.270. The van der Waals surface area contributed by atoms with E-state index < -0.39 is 17.0 Å². The van der Waals surface area contributed by atoms with Gasteiger partial charge in [-0.1, -0.05) is 23.3 Å². The van der Waals surface area contributed by atoms with Crippen LogP contribution in [0.4, 0.5) is 0 Å². The third kappa shape index (κ3) is 10.6. The van der Waals surface area contributed by atoms with E-state index in [0.717, 1.165) is 11.1 Å². The number of hydrogen-bond acceptors (Lipinski definition) is 6. The first kappa shape index (κ1) is 28.3. The molecule has 6 nitrogen and oxygen atoms in total. The quantitative estimate of drug-likeness (QED) is 0.206. The minimum absolute atomic E-state index is 0.0477. The highest BCUT2D eigenvalue weighted by Crippen LogP contribution is 2.28. The first-order chi connectivity index (χ1) is 15.1. The van der Waals surface area contributed by atoms with Crippen molar-refractivity contribution < 1.29 is 30.0 Å². The van der Waals surface area contributed by atoms with E-state index in [2.05, 4.69) is 0 Å². The fourth-order valence-electron chi connectivity index (χ4n) is 3.31. The lowest BCUT2D eigenvalue weighted by Crippen LogP contribution is -2.34. The van der Waals surface area contributed by atoms with Crippen LogP contribution in [0.1, 0.15) is 71.4 Å². The zero-order chi connectivity index (χ0) is 25.4. The van der Waals surface area contributed by atoms with Crippen molar-refractivity contribution in [1.82, 2.24) is 0 Å². The van der Waals surface area contributed by atoms with Gasteiger partial charge in [0.1, 0.15) is 17.1 Å². The molecule has 33 heavy (non-hydrogen) atoms. The topological polar surface area (TPSA) is 115 Å². The molecule has 0 aliphatic rings. The van der Waals surface area contributed by atoms with Gasteiger partial charge >= 0.3 is 0 Å². The normalized spacial score (nSPS) is 15.0. The number of phenolic OH excluding ortho intramolecular Hbond substituents is 2. The van der Waals surface area contributed by atoms with Crippen LogP contribution in [0, 0.1) is 6.92 Å². The Kier molecular flexibility index (Phi) is 10.3. The van der Waals surface area contributed by atoms with Crippen LogP contribution in [0.15, 0.2) is 47.6 Å². The second kappa shape index (κ2) is 12.0. The second-order valence-corrected chi connectivity index (χ2v) is 9.64. The molecule has 0 spiro atoms. The van der Waals surface area contributed by atoms with Crippen molar-refractivity contribution in [2.75, 3.05) is 0 Å². The predicted molar refractivity (Wildman–Crippen MR) is 130 cm³/mol. The molecule has 0 aliphatic heterocycles. The summed E-state index contributed by atoms with van der Waals surface area (Å²) in [6, 6.07) is 3.01. The highest BCUT2D eigenvalue weighted by molar-refractivity contribution is 5.96. The lowest BCUT2D eigenvalue weighted by atomic mass is 9.91. The van der Waals surface area contributed by atoms with E-state index in [0.29, 0.717) is 30.4 Å². The van der Waals surface area contributed by atoms with E-state index in [-0.39, 0.29) is 30.1 Å². The van der Waals surface area contributed by atoms with E-state index in [1.54, 1.807) is 26.8 Å². The first-order valence-corrected chi connectivity index (χ1v) is 11.2. The van der Waals surface area contributed by atoms with Crippen LogP contribution in [-0.4, -0.2) is 43.2 Å². The van der Waals surface area contributed by atoms with Crippen molar-refractivity contribution in [2.24, 2.45) is 0 Å². The van der Waals surface area contributed by atoms with Gasteiger partial charge in [-0.05, 0) is 97.1 Å². The molecule has 0 amide bonds. The number of aromatic hydroxyl groups is 2. The van der Waals surface area contributed by atoms with Gasteiger partial charge in [-0.2, -0.15) is 0 Å².